The number of carbonyl (C=O) groups is 4. The maximum absolute atomic E-state index is 13.1. The molecule has 0 heterocycles. The summed E-state index contributed by atoms with van der Waals surface area (Å²) >= 11 is 0. The number of hydrogen-bond acceptors (Lipinski definition) is 15. The predicted octanol–water partition coefficient (Wildman–Crippen LogP) is 22.6. The zero-order valence-electron chi connectivity index (χ0n) is 62.8. The minimum absolute atomic E-state index is 0.107. The average Bonchev–Trinajstić information content (AvgIpc) is 3.56. The number of aliphatic hydroxyl groups excluding tert-OH is 1. The van der Waals surface area contributed by atoms with E-state index in [-0.39, 0.29) is 25.7 Å². The molecular weight excluding hydrogens is 1260 g/mol. The summed E-state index contributed by atoms with van der Waals surface area (Å²) < 4.78 is 68.6. The van der Waals surface area contributed by atoms with Crippen LogP contribution >= 0.6 is 15.6 Å². The summed E-state index contributed by atoms with van der Waals surface area (Å²) in [4.78, 5) is 72.9. The molecule has 0 amide bonds. The molecule has 0 fully saturated rings. The number of carbonyl (C=O) groups excluding carboxylic acids is 4. The summed E-state index contributed by atoms with van der Waals surface area (Å²) in [5, 5.41) is 10.6. The Morgan fingerprint density at radius 1 is 0.281 bits per heavy atom. The van der Waals surface area contributed by atoms with Crippen molar-refractivity contribution in [2.45, 2.75) is 414 Å². The van der Waals surface area contributed by atoms with Gasteiger partial charge in [0.05, 0.1) is 26.4 Å². The molecule has 0 radical (unpaired) electrons. The zero-order valence-corrected chi connectivity index (χ0v) is 64.6. The third-order valence-electron chi connectivity index (χ3n) is 17.9. The van der Waals surface area contributed by atoms with Crippen molar-refractivity contribution < 1.29 is 80.2 Å². The van der Waals surface area contributed by atoms with Gasteiger partial charge in [0.2, 0.25) is 0 Å². The van der Waals surface area contributed by atoms with Crippen molar-refractivity contribution in [1.82, 2.24) is 0 Å². The lowest BCUT2D eigenvalue weighted by Gasteiger charge is -2.21. The van der Waals surface area contributed by atoms with Crippen LogP contribution in [-0.4, -0.2) is 96.7 Å². The van der Waals surface area contributed by atoms with E-state index in [4.69, 9.17) is 37.0 Å². The van der Waals surface area contributed by atoms with E-state index >= 15 is 0 Å². The molecule has 0 aromatic heterocycles. The largest absolute Gasteiger partial charge is 0.472 e. The van der Waals surface area contributed by atoms with E-state index in [0.717, 1.165) is 108 Å². The minimum Gasteiger partial charge on any atom is -0.462 e. The molecule has 17 nitrogen and oxygen atoms in total. The lowest BCUT2D eigenvalue weighted by Crippen LogP contribution is -2.30. The Kier molecular flexibility index (Phi) is 66.2. The average molecular weight is 1410 g/mol. The Morgan fingerprint density at radius 3 is 0.708 bits per heavy atom. The normalized spacial score (nSPS) is 14.1. The first-order valence-electron chi connectivity index (χ1n) is 39.8. The van der Waals surface area contributed by atoms with Crippen LogP contribution in [0.1, 0.15) is 395 Å². The molecule has 0 rings (SSSR count). The lowest BCUT2D eigenvalue weighted by atomic mass is 10.0. The second-order valence-electron chi connectivity index (χ2n) is 29.2. The second kappa shape index (κ2) is 67.5. The van der Waals surface area contributed by atoms with Gasteiger partial charge in [0.25, 0.3) is 0 Å². The van der Waals surface area contributed by atoms with Gasteiger partial charge in [-0.25, -0.2) is 9.13 Å². The van der Waals surface area contributed by atoms with Crippen molar-refractivity contribution >= 4 is 39.5 Å². The summed E-state index contributed by atoms with van der Waals surface area (Å²) in [6, 6.07) is 0. The number of ether oxygens (including phenoxy) is 4. The highest BCUT2D eigenvalue weighted by atomic mass is 31.2. The van der Waals surface area contributed by atoms with Gasteiger partial charge < -0.3 is 33.8 Å². The van der Waals surface area contributed by atoms with E-state index in [1.807, 2.05) is 0 Å². The second-order valence-corrected chi connectivity index (χ2v) is 32.1. The van der Waals surface area contributed by atoms with Crippen LogP contribution in [0.3, 0.4) is 0 Å². The highest BCUT2D eigenvalue weighted by Crippen LogP contribution is 2.45. The third kappa shape index (κ3) is 70.5. The number of esters is 4. The van der Waals surface area contributed by atoms with Gasteiger partial charge in [0, 0.05) is 25.7 Å². The van der Waals surface area contributed by atoms with Gasteiger partial charge in [-0.1, -0.05) is 344 Å². The van der Waals surface area contributed by atoms with Crippen molar-refractivity contribution in [2.75, 3.05) is 39.6 Å². The highest BCUT2D eigenvalue weighted by Gasteiger charge is 2.30. The SMILES string of the molecule is CCCCCCCCCCCCCC(=O)OC[C@H](COP(=O)(O)OC[C@H](O)COP(=O)(O)OC[C@@H](COC(=O)CCCCCCCCCCCCCC(C)C)OC(=O)CCCCCCCCCCCCCCCCC(C)C)OC(=O)CCCCCCCCCCCCCC(C)C. The Balaban J connectivity index is 5.26. The van der Waals surface area contributed by atoms with Crippen LogP contribution in [0.2, 0.25) is 0 Å². The van der Waals surface area contributed by atoms with Crippen molar-refractivity contribution in [2.24, 2.45) is 17.8 Å². The molecule has 5 atom stereocenters. The fraction of sp³-hybridized carbons (Fsp3) is 0.948. The van der Waals surface area contributed by atoms with Gasteiger partial charge in [-0.3, -0.25) is 37.3 Å². The summed E-state index contributed by atoms with van der Waals surface area (Å²) in [5.74, 6) is 0.217. The zero-order chi connectivity index (χ0) is 70.9. The summed E-state index contributed by atoms with van der Waals surface area (Å²) in [6.45, 7) is 11.9. The van der Waals surface area contributed by atoms with Gasteiger partial charge in [0.15, 0.2) is 12.2 Å². The Morgan fingerprint density at radius 2 is 0.479 bits per heavy atom. The standard InChI is InChI=1S/C77H150O17P2/c1-8-9-10-11-12-13-20-30-37-44-51-58-74(79)87-64-72(94-77(82)61-54-47-40-33-26-19-23-29-36-43-50-57-70(6)7)66-91-95(83,84)89-62-71(78)63-90-96(85,86)92-67-73(65-88-75(80)59-52-45-38-31-25-18-22-28-35-42-49-56-69(4)5)93-76(81)60-53-46-39-32-24-17-15-14-16-21-27-34-41-48-55-68(2)3/h68-73,78H,8-67H2,1-7H3,(H,83,84)(H,85,86)/t71-,72+,73+/m0/s1. The molecule has 0 aliphatic rings. The minimum atomic E-state index is -4.96. The molecule has 570 valence electrons. The number of hydrogen-bond donors (Lipinski definition) is 3. The van der Waals surface area contributed by atoms with E-state index in [1.165, 1.54) is 205 Å². The highest BCUT2D eigenvalue weighted by molar-refractivity contribution is 7.47. The molecule has 96 heavy (non-hydrogen) atoms. The quantitative estimate of drug-likeness (QED) is 0.0222. The topological polar surface area (TPSA) is 237 Å². The fourth-order valence-corrected chi connectivity index (χ4v) is 13.4. The van der Waals surface area contributed by atoms with Gasteiger partial charge in [-0.2, -0.15) is 0 Å². The lowest BCUT2D eigenvalue weighted by molar-refractivity contribution is -0.161. The molecule has 19 heteroatoms. The van der Waals surface area contributed by atoms with Gasteiger partial charge in [-0.05, 0) is 43.4 Å². The van der Waals surface area contributed by atoms with Crippen LogP contribution < -0.4 is 0 Å². The summed E-state index contributed by atoms with van der Waals surface area (Å²) in [6.07, 6.45) is 53.9. The van der Waals surface area contributed by atoms with E-state index in [2.05, 4.69) is 48.5 Å². The Bertz CT molecular complexity index is 1870. The van der Waals surface area contributed by atoms with Crippen LogP contribution in [0.15, 0.2) is 0 Å². The van der Waals surface area contributed by atoms with E-state index < -0.39 is 97.5 Å². The van der Waals surface area contributed by atoms with Crippen molar-refractivity contribution in [3.63, 3.8) is 0 Å². The molecule has 0 bridgehead atoms. The van der Waals surface area contributed by atoms with Gasteiger partial charge in [0.1, 0.15) is 19.3 Å². The van der Waals surface area contributed by atoms with E-state index in [1.54, 1.807) is 0 Å². The maximum Gasteiger partial charge on any atom is 0.472 e. The van der Waals surface area contributed by atoms with Gasteiger partial charge >= 0.3 is 39.5 Å². The molecule has 0 aromatic carbocycles. The number of aliphatic hydroxyl groups is 1. The van der Waals surface area contributed by atoms with Crippen LogP contribution in [-0.2, 0) is 65.4 Å². The first-order chi connectivity index (χ1) is 46.2. The van der Waals surface area contributed by atoms with Crippen molar-refractivity contribution in [3.8, 4) is 0 Å². The summed E-state index contributed by atoms with van der Waals surface area (Å²) in [7, 11) is -9.91. The fourth-order valence-electron chi connectivity index (χ4n) is 11.8. The third-order valence-corrected chi connectivity index (χ3v) is 19.8. The number of rotatable bonds is 75. The van der Waals surface area contributed by atoms with E-state index in [0.29, 0.717) is 25.7 Å². The molecule has 3 N–H and O–H groups in total. The van der Waals surface area contributed by atoms with Gasteiger partial charge in [-0.15, -0.1) is 0 Å². The van der Waals surface area contributed by atoms with Crippen LogP contribution in [0, 0.1) is 17.8 Å². The summed E-state index contributed by atoms with van der Waals surface area (Å²) in [5.41, 5.74) is 0. The smallest absolute Gasteiger partial charge is 0.462 e. The molecule has 0 saturated carbocycles. The molecule has 0 aliphatic carbocycles. The number of unbranched alkanes of at least 4 members (excludes halogenated alkanes) is 43. The predicted molar refractivity (Wildman–Crippen MR) is 391 cm³/mol. The number of phosphoric acid groups is 2. The molecule has 0 saturated heterocycles. The van der Waals surface area contributed by atoms with Crippen molar-refractivity contribution in [1.29, 1.82) is 0 Å². The molecular formula is C77H150O17P2. The van der Waals surface area contributed by atoms with Crippen LogP contribution in [0.5, 0.6) is 0 Å². The monoisotopic (exact) mass is 1410 g/mol. The molecule has 0 aromatic rings. The Hall–Kier alpha value is -1.94. The van der Waals surface area contributed by atoms with Crippen LogP contribution in [0.4, 0.5) is 0 Å². The molecule has 0 spiro atoms. The number of phosphoric ester groups is 2. The maximum atomic E-state index is 13.1. The van der Waals surface area contributed by atoms with Crippen LogP contribution in [0.25, 0.3) is 0 Å². The molecule has 0 aliphatic heterocycles. The first kappa shape index (κ1) is 94.1. The molecule has 2 unspecified atom stereocenters. The van der Waals surface area contributed by atoms with Crippen molar-refractivity contribution in [3.05, 3.63) is 0 Å². The Labute approximate surface area is 588 Å². The van der Waals surface area contributed by atoms with E-state index in [9.17, 15) is 43.2 Å². The first-order valence-corrected chi connectivity index (χ1v) is 42.8.